The van der Waals surface area contributed by atoms with E-state index in [1.54, 1.807) is 0 Å². The molecular formula is C24H20N2O3. The number of ether oxygens (including phenoxy) is 1. The second-order valence-electron chi connectivity index (χ2n) is 7.40. The molecule has 1 aliphatic rings. The topological polar surface area (TPSA) is 60.3 Å². The maximum atomic E-state index is 12.2. The van der Waals surface area contributed by atoms with E-state index >= 15 is 0 Å². The zero-order valence-corrected chi connectivity index (χ0v) is 15.8. The monoisotopic (exact) mass is 384 g/mol. The molecule has 0 aliphatic carbocycles. The van der Waals surface area contributed by atoms with E-state index in [4.69, 9.17) is 4.74 Å². The third-order valence-electron chi connectivity index (χ3n) is 5.44. The molecular weight excluding hydrogens is 364 g/mol. The SMILES string of the molecule is O=C1CCC(n2cc3cccc(OCc4ccc5ccccc5c4)c3c2)C(=O)N1. The molecule has 0 bridgehead atoms. The predicted molar refractivity (Wildman–Crippen MR) is 112 cm³/mol. The smallest absolute Gasteiger partial charge is 0.249 e. The maximum absolute atomic E-state index is 12.2. The first-order valence-electron chi connectivity index (χ1n) is 9.72. The van der Waals surface area contributed by atoms with Crippen LogP contribution in [0.15, 0.2) is 73.1 Å². The van der Waals surface area contributed by atoms with E-state index in [0.29, 0.717) is 19.4 Å². The van der Waals surface area contributed by atoms with E-state index in [0.717, 1.165) is 22.1 Å². The van der Waals surface area contributed by atoms with Gasteiger partial charge in [-0.3, -0.25) is 14.9 Å². The Balaban J connectivity index is 1.40. The van der Waals surface area contributed by atoms with Gasteiger partial charge in [-0.25, -0.2) is 0 Å². The number of hydrogen-bond acceptors (Lipinski definition) is 3. The molecule has 1 fully saturated rings. The molecule has 144 valence electrons. The molecule has 5 nitrogen and oxygen atoms in total. The molecule has 1 saturated heterocycles. The molecule has 5 rings (SSSR count). The Morgan fingerprint density at radius 1 is 0.931 bits per heavy atom. The highest BCUT2D eigenvalue weighted by Gasteiger charge is 2.28. The van der Waals surface area contributed by atoms with Crippen LogP contribution in [0.2, 0.25) is 0 Å². The lowest BCUT2D eigenvalue weighted by Gasteiger charge is -2.21. The lowest BCUT2D eigenvalue weighted by atomic mass is 10.1. The van der Waals surface area contributed by atoms with Crippen molar-refractivity contribution in [1.82, 2.24) is 9.88 Å². The number of benzene rings is 3. The Hall–Kier alpha value is -3.60. The summed E-state index contributed by atoms with van der Waals surface area (Å²) in [5, 5.41) is 6.78. The summed E-state index contributed by atoms with van der Waals surface area (Å²) >= 11 is 0. The van der Waals surface area contributed by atoms with Crippen LogP contribution in [0, 0.1) is 0 Å². The molecule has 29 heavy (non-hydrogen) atoms. The number of hydrogen-bond donors (Lipinski definition) is 1. The molecule has 5 heteroatoms. The molecule has 3 aromatic carbocycles. The number of amides is 2. The van der Waals surface area contributed by atoms with Crippen LogP contribution < -0.4 is 10.1 Å². The van der Waals surface area contributed by atoms with E-state index in [2.05, 4.69) is 35.6 Å². The number of piperidine rings is 1. The van der Waals surface area contributed by atoms with Gasteiger partial charge in [0.25, 0.3) is 0 Å². The second-order valence-corrected chi connectivity index (χ2v) is 7.40. The molecule has 0 radical (unpaired) electrons. The number of nitrogens with zero attached hydrogens (tertiary/aromatic N) is 1. The maximum Gasteiger partial charge on any atom is 0.249 e. The number of aromatic nitrogens is 1. The van der Waals surface area contributed by atoms with Crippen molar-refractivity contribution in [3.8, 4) is 5.75 Å². The molecule has 1 aromatic heterocycles. The summed E-state index contributed by atoms with van der Waals surface area (Å²) < 4.78 is 8.02. The number of nitrogens with one attached hydrogen (secondary N) is 1. The third kappa shape index (κ3) is 3.36. The van der Waals surface area contributed by atoms with Crippen LogP contribution in [0.3, 0.4) is 0 Å². The zero-order valence-electron chi connectivity index (χ0n) is 15.8. The fourth-order valence-corrected chi connectivity index (χ4v) is 3.92. The van der Waals surface area contributed by atoms with Crippen LogP contribution in [0.25, 0.3) is 21.5 Å². The summed E-state index contributed by atoms with van der Waals surface area (Å²) in [5.41, 5.74) is 1.10. The number of carbonyl (C=O) groups excluding carboxylic acids is 2. The quantitative estimate of drug-likeness (QED) is 0.532. The van der Waals surface area contributed by atoms with E-state index in [9.17, 15) is 9.59 Å². The van der Waals surface area contributed by atoms with E-state index in [-0.39, 0.29) is 17.9 Å². The Morgan fingerprint density at radius 3 is 2.62 bits per heavy atom. The predicted octanol–water partition coefficient (Wildman–Crippen LogP) is 4.35. The van der Waals surface area contributed by atoms with Crippen molar-refractivity contribution >= 4 is 33.4 Å². The van der Waals surface area contributed by atoms with Crippen LogP contribution >= 0.6 is 0 Å². The molecule has 1 atom stereocenters. The largest absolute Gasteiger partial charge is 0.488 e. The average molecular weight is 384 g/mol. The molecule has 0 saturated carbocycles. The highest BCUT2D eigenvalue weighted by Crippen LogP contribution is 2.30. The summed E-state index contributed by atoms with van der Waals surface area (Å²) in [7, 11) is 0. The van der Waals surface area contributed by atoms with Crippen molar-refractivity contribution in [3.05, 3.63) is 78.6 Å². The lowest BCUT2D eigenvalue weighted by Crippen LogP contribution is -2.41. The Bertz CT molecular complexity index is 1240. The second kappa shape index (κ2) is 7.09. The minimum Gasteiger partial charge on any atom is -0.488 e. The van der Waals surface area contributed by atoms with Gasteiger partial charge in [0.1, 0.15) is 18.4 Å². The molecule has 0 spiro atoms. The van der Waals surface area contributed by atoms with Crippen molar-refractivity contribution in [1.29, 1.82) is 0 Å². The van der Waals surface area contributed by atoms with Gasteiger partial charge in [0.05, 0.1) is 0 Å². The Morgan fingerprint density at radius 2 is 1.76 bits per heavy atom. The van der Waals surface area contributed by atoms with Crippen LogP contribution in [0.4, 0.5) is 0 Å². The van der Waals surface area contributed by atoms with Gasteiger partial charge in [0, 0.05) is 29.6 Å². The van der Waals surface area contributed by atoms with Gasteiger partial charge < -0.3 is 9.30 Å². The highest BCUT2D eigenvalue weighted by atomic mass is 16.5. The summed E-state index contributed by atoms with van der Waals surface area (Å²) in [6.07, 6.45) is 4.75. The molecule has 1 aliphatic heterocycles. The zero-order chi connectivity index (χ0) is 19.8. The van der Waals surface area contributed by atoms with Crippen molar-refractivity contribution in [2.45, 2.75) is 25.5 Å². The van der Waals surface area contributed by atoms with Crippen molar-refractivity contribution in [3.63, 3.8) is 0 Å². The first kappa shape index (κ1) is 17.5. The van der Waals surface area contributed by atoms with Crippen LogP contribution in [0.5, 0.6) is 5.75 Å². The first-order chi connectivity index (χ1) is 14.2. The highest BCUT2D eigenvalue weighted by molar-refractivity contribution is 6.00. The summed E-state index contributed by atoms with van der Waals surface area (Å²) in [6, 6.07) is 20.1. The Labute approximate surface area is 167 Å². The van der Waals surface area contributed by atoms with Crippen LogP contribution in [-0.2, 0) is 16.2 Å². The Kier molecular flexibility index (Phi) is 4.28. The van der Waals surface area contributed by atoms with E-state index in [1.165, 1.54) is 10.8 Å². The molecule has 1 unspecified atom stereocenters. The van der Waals surface area contributed by atoms with Gasteiger partial charge in [0.2, 0.25) is 11.8 Å². The summed E-state index contributed by atoms with van der Waals surface area (Å²) in [4.78, 5) is 23.6. The van der Waals surface area contributed by atoms with Crippen molar-refractivity contribution in [2.24, 2.45) is 0 Å². The van der Waals surface area contributed by atoms with Gasteiger partial charge >= 0.3 is 0 Å². The van der Waals surface area contributed by atoms with Gasteiger partial charge in [-0.15, -0.1) is 0 Å². The average Bonchev–Trinajstić information content (AvgIpc) is 3.16. The molecule has 1 N–H and O–H groups in total. The molecule has 2 heterocycles. The van der Waals surface area contributed by atoms with Gasteiger partial charge in [-0.1, -0.05) is 48.5 Å². The molecule has 4 aromatic rings. The van der Waals surface area contributed by atoms with E-state index < -0.39 is 0 Å². The minimum atomic E-state index is -0.367. The lowest BCUT2D eigenvalue weighted by molar-refractivity contribution is -0.135. The fraction of sp³-hybridized carbons (Fsp3) is 0.167. The van der Waals surface area contributed by atoms with Crippen molar-refractivity contribution in [2.75, 3.05) is 0 Å². The number of imide groups is 1. The number of rotatable bonds is 4. The normalized spacial score (nSPS) is 16.9. The summed E-state index contributed by atoms with van der Waals surface area (Å²) in [5.74, 6) is 0.323. The summed E-state index contributed by atoms with van der Waals surface area (Å²) in [6.45, 7) is 0.466. The van der Waals surface area contributed by atoms with Crippen LogP contribution in [0.1, 0.15) is 24.4 Å². The number of carbonyl (C=O) groups is 2. The minimum absolute atomic E-state index is 0.206. The fourth-order valence-electron chi connectivity index (χ4n) is 3.92. The van der Waals surface area contributed by atoms with Gasteiger partial charge in [-0.05, 0) is 34.9 Å². The third-order valence-corrected chi connectivity index (χ3v) is 5.44. The van der Waals surface area contributed by atoms with Crippen molar-refractivity contribution < 1.29 is 14.3 Å². The van der Waals surface area contributed by atoms with Crippen LogP contribution in [-0.4, -0.2) is 16.4 Å². The van der Waals surface area contributed by atoms with Gasteiger partial charge in [0.15, 0.2) is 0 Å². The standard InChI is InChI=1S/C24H20N2O3/c27-23-11-10-21(24(28)25-23)26-13-19-6-3-7-22(20(19)14-26)29-15-16-8-9-17-4-1-2-5-18(17)12-16/h1-9,12-14,21H,10-11,15H2,(H,25,27,28). The van der Waals surface area contributed by atoms with E-state index in [1.807, 2.05) is 47.3 Å². The number of fused-ring (bicyclic) bond motifs is 2. The first-order valence-corrected chi connectivity index (χ1v) is 9.72. The van der Waals surface area contributed by atoms with Gasteiger partial charge in [-0.2, -0.15) is 0 Å². The molecule has 2 amide bonds.